The summed E-state index contributed by atoms with van der Waals surface area (Å²) >= 11 is 0. The lowest BCUT2D eigenvalue weighted by Crippen LogP contribution is -2.60. The van der Waals surface area contributed by atoms with Crippen LogP contribution in [0.25, 0.3) is 0 Å². The number of rotatable bonds is 5. The van der Waals surface area contributed by atoms with E-state index in [4.69, 9.17) is 14.2 Å². The van der Waals surface area contributed by atoms with Gasteiger partial charge in [0, 0.05) is 17.9 Å². The van der Waals surface area contributed by atoms with Gasteiger partial charge < -0.3 is 34.4 Å². The number of aliphatic hydroxyl groups is 3. The second-order valence-corrected chi connectivity index (χ2v) is 20.2. The number of carbonyl (C=O) groups is 1. The van der Waals surface area contributed by atoms with Gasteiger partial charge in [0.05, 0.1) is 43.2 Å². The summed E-state index contributed by atoms with van der Waals surface area (Å²) in [5.41, 5.74) is -1.02. The van der Waals surface area contributed by atoms with Crippen molar-refractivity contribution in [2.75, 3.05) is 19.7 Å². The van der Waals surface area contributed by atoms with Crippen LogP contribution in [0.15, 0.2) is 0 Å². The monoisotopic (exact) mass is 685 g/mol. The van der Waals surface area contributed by atoms with E-state index < -0.39 is 23.9 Å². The summed E-state index contributed by atoms with van der Waals surface area (Å²) in [7, 11) is 0. The van der Waals surface area contributed by atoms with E-state index in [1.165, 1.54) is 38.5 Å². The van der Waals surface area contributed by atoms with Crippen molar-refractivity contribution in [1.82, 2.24) is 4.90 Å². The average Bonchev–Trinajstić information content (AvgIpc) is 3.70. The first-order valence-electron chi connectivity index (χ1n) is 20.3. The second kappa shape index (κ2) is 11.6. The maximum atomic E-state index is 13.4. The molecule has 8 rings (SSSR count). The van der Waals surface area contributed by atoms with Crippen LogP contribution in [0.2, 0.25) is 0 Å². The van der Waals surface area contributed by atoms with Gasteiger partial charge in [-0.1, -0.05) is 53.9 Å². The van der Waals surface area contributed by atoms with E-state index in [0.717, 1.165) is 38.5 Å². The quantitative estimate of drug-likeness (QED) is 0.322. The van der Waals surface area contributed by atoms with E-state index in [0.29, 0.717) is 55.2 Å². The predicted molar refractivity (Wildman–Crippen MR) is 186 cm³/mol. The number of morpholine rings is 1. The van der Waals surface area contributed by atoms with Crippen molar-refractivity contribution in [3.05, 3.63) is 0 Å². The van der Waals surface area contributed by atoms with Crippen LogP contribution in [-0.2, 0) is 19.0 Å². The first-order valence-corrected chi connectivity index (χ1v) is 20.3. The van der Waals surface area contributed by atoms with E-state index >= 15 is 0 Å². The molecule has 0 aromatic carbocycles. The summed E-state index contributed by atoms with van der Waals surface area (Å²) in [6, 6.07) is 0. The van der Waals surface area contributed by atoms with Crippen LogP contribution < -0.4 is 0 Å². The number of hydrogen-bond donors (Lipinski definition) is 3. The Balaban J connectivity index is 0.993. The van der Waals surface area contributed by atoms with E-state index in [-0.39, 0.29) is 52.0 Å². The summed E-state index contributed by atoms with van der Waals surface area (Å²) in [6.45, 7) is 17.1. The second-order valence-electron chi connectivity index (χ2n) is 20.2. The molecule has 10 unspecified atom stereocenters. The van der Waals surface area contributed by atoms with Gasteiger partial charge in [-0.05, 0) is 123 Å². The summed E-state index contributed by atoms with van der Waals surface area (Å²) < 4.78 is 19.8. The molecule has 6 saturated carbocycles. The van der Waals surface area contributed by atoms with Gasteiger partial charge in [0.2, 0.25) is 5.91 Å². The van der Waals surface area contributed by atoms with Crippen LogP contribution in [0.5, 0.6) is 0 Å². The van der Waals surface area contributed by atoms with Gasteiger partial charge in [-0.3, -0.25) is 4.79 Å². The van der Waals surface area contributed by atoms with Gasteiger partial charge in [-0.2, -0.15) is 0 Å². The van der Waals surface area contributed by atoms with Gasteiger partial charge in [0.15, 0.2) is 6.29 Å². The molecule has 6 aliphatic carbocycles. The molecule has 8 fully saturated rings. The van der Waals surface area contributed by atoms with Crippen molar-refractivity contribution < 1.29 is 34.3 Å². The van der Waals surface area contributed by atoms with Crippen molar-refractivity contribution in [3.63, 3.8) is 0 Å². The van der Waals surface area contributed by atoms with Gasteiger partial charge >= 0.3 is 0 Å². The number of fused-ring (bicyclic) bond motifs is 4. The Kier molecular flexibility index (Phi) is 8.36. The zero-order chi connectivity index (χ0) is 34.9. The molecule has 0 bridgehead atoms. The molecule has 2 spiro atoms. The van der Waals surface area contributed by atoms with E-state index in [1.54, 1.807) is 13.8 Å². The Hall–Kier alpha value is -0.770. The van der Waals surface area contributed by atoms with Crippen LogP contribution >= 0.6 is 0 Å². The van der Waals surface area contributed by atoms with E-state index in [1.807, 2.05) is 4.90 Å². The highest BCUT2D eigenvalue weighted by Crippen LogP contribution is 2.89. The number of carbonyl (C=O) groups excluding carboxylic acids is 1. The number of nitrogens with zero attached hydrogens (tertiary/aromatic N) is 1. The molecule has 8 heteroatoms. The maximum absolute atomic E-state index is 13.4. The van der Waals surface area contributed by atoms with Crippen molar-refractivity contribution in [1.29, 1.82) is 0 Å². The molecule has 3 N–H and O–H groups in total. The fourth-order valence-corrected chi connectivity index (χ4v) is 14.9. The van der Waals surface area contributed by atoms with Crippen molar-refractivity contribution in [2.24, 2.45) is 56.7 Å². The molecule has 0 aromatic rings. The Morgan fingerprint density at radius 3 is 2.37 bits per heavy atom. The van der Waals surface area contributed by atoms with Gasteiger partial charge in [-0.25, -0.2) is 0 Å². The summed E-state index contributed by atoms with van der Waals surface area (Å²) in [4.78, 5) is 15.4. The highest BCUT2D eigenvalue weighted by atomic mass is 16.7. The Bertz CT molecular complexity index is 1290. The highest BCUT2D eigenvalue weighted by molar-refractivity contribution is 5.79. The smallest absolute Gasteiger partial charge is 0.225 e. The molecule has 2 heterocycles. The zero-order valence-electron chi connectivity index (χ0n) is 31.6. The molecule has 0 aromatic heterocycles. The van der Waals surface area contributed by atoms with Crippen molar-refractivity contribution in [2.45, 2.75) is 174 Å². The molecule has 8 aliphatic rings. The standard InChI is InChI=1S/C41H67NO7/c1-24-21-26(33(43)37(4,5)46)48-32-31(24)38(6)17-18-41-23-40(41)16-15-29(36(2,3)27(40)13-14-28(41)39(38,7)34(32)44)49-30-22-42(19-20-47-30)35(45)25-11-9-8-10-12-25/h24-34,43-44,46H,8-23H2,1-7H3/t24-,26?,27+,28?,29?,30?,31?,32?,33?,34+,38?,39-,40?,41?/m1/s1. The first-order chi connectivity index (χ1) is 23.0. The average molecular weight is 686 g/mol. The lowest BCUT2D eigenvalue weighted by Gasteiger charge is -2.64. The third-order valence-corrected chi connectivity index (χ3v) is 17.5. The molecule has 14 atom stereocenters. The minimum absolute atomic E-state index is 0.00620. The minimum Gasteiger partial charge on any atom is -0.390 e. The fraction of sp³-hybridized carbons (Fsp3) is 0.976. The third kappa shape index (κ3) is 4.84. The lowest BCUT2D eigenvalue weighted by molar-refractivity contribution is -0.248. The molecular weight excluding hydrogens is 618 g/mol. The summed E-state index contributed by atoms with van der Waals surface area (Å²) in [5.74, 6) is 2.03. The Morgan fingerprint density at radius 2 is 1.65 bits per heavy atom. The Labute approximate surface area is 295 Å². The van der Waals surface area contributed by atoms with Gasteiger partial charge in [-0.15, -0.1) is 0 Å². The number of aliphatic hydroxyl groups excluding tert-OH is 2. The van der Waals surface area contributed by atoms with Gasteiger partial charge in [0.1, 0.15) is 6.10 Å². The van der Waals surface area contributed by atoms with Crippen LogP contribution in [-0.4, -0.2) is 88.2 Å². The summed E-state index contributed by atoms with van der Waals surface area (Å²) in [5, 5.41) is 34.2. The van der Waals surface area contributed by atoms with E-state index in [2.05, 4.69) is 34.6 Å². The maximum Gasteiger partial charge on any atom is 0.225 e. The first kappa shape index (κ1) is 35.3. The fourth-order valence-electron chi connectivity index (χ4n) is 14.9. The number of hydrogen-bond acceptors (Lipinski definition) is 7. The molecule has 278 valence electrons. The number of ether oxygens (including phenoxy) is 3. The van der Waals surface area contributed by atoms with Crippen LogP contribution in [0.1, 0.15) is 132 Å². The molecule has 1 amide bonds. The molecule has 2 saturated heterocycles. The largest absolute Gasteiger partial charge is 0.390 e. The topological polar surface area (TPSA) is 109 Å². The molecular formula is C41H67NO7. The van der Waals surface area contributed by atoms with Crippen molar-refractivity contribution >= 4 is 5.91 Å². The normalized spacial score (nSPS) is 51.5. The van der Waals surface area contributed by atoms with Crippen LogP contribution in [0.3, 0.4) is 0 Å². The summed E-state index contributed by atoms with van der Waals surface area (Å²) in [6.07, 6.45) is 11.8. The molecule has 49 heavy (non-hydrogen) atoms. The predicted octanol–water partition coefficient (Wildman–Crippen LogP) is 6.08. The zero-order valence-corrected chi connectivity index (χ0v) is 31.6. The Morgan fingerprint density at radius 1 is 0.959 bits per heavy atom. The van der Waals surface area contributed by atoms with E-state index in [9.17, 15) is 20.1 Å². The van der Waals surface area contributed by atoms with Crippen LogP contribution in [0.4, 0.5) is 0 Å². The molecule has 0 radical (unpaired) electrons. The van der Waals surface area contributed by atoms with Crippen LogP contribution in [0, 0.1) is 56.7 Å². The number of amides is 1. The highest BCUT2D eigenvalue weighted by Gasteiger charge is 2.84. The van der Waals surface area contributed by atoms with Crippen molar-refractivity contribution in [3.8, 4) is 0 Å². The third-order valence-electron chi connectivity index (χ3n) is 17.5. The minimum atomic E-state index is -1.26. The molecule has 2 aliphatic heterocycles. The molecule has 8 nitrogen and oxygen atoms in total. The van der Waals surface area contributed by atoms with Gasteiger partial charge in [0.25, 0.3) is 0 Å². The SMILES string of the molecule is C[C@@H]1CC(C(O)C(C)(C)O)OC2C1C1(C)CCC34CC35CCC(OC3CN(C(=O)C6CCCCC6)CCO3)C(C)(C)[C@@H]5CCC4[C@]1(C)[C@H]2O. The lowest BCUT2D eigenvalue weighted by atomic mass is 9.41.